The maximum absolute atomic E-state index is 13.3. The molecule has 6 nitrogen and oxygen atoms in total. The zero-order valence-electron chi connectivity index (χ0n) is 18.0. The fourth-order valence-electron chi connectivity index (χ4n) is 2.77. The van der Waals surface area contributed by atoms with Gasteiger partial charge in [-0.15, -0.1) is 11.3 Å². The van der Waals surface area contributed by atoms with Crippen LogP contribution in [0.5, 0.6) is 5.75 Å². The van der Waals surface area contributed by atoms with E-state index in [0.29, 0.717) is 16.2 Å². The molecule has 2 aromatic carbocycles. The number of benzene rings is 2. The van der Waals surface area contributed by atoms with Gasteiger partial charge in [0.1, 0.15) is 9.96 Å². The Morgan fingerprint density at radius 3 is 2.24 bits per heavy atom. The standard InChI is InChI=1S/C25H21NO5S2/c1-30-21-13-10-20(11-14-21)12-15-22-16-17-23(32-22)33(28,29)25(26,24(27)31-2)18-6-9-19-7-4-3-5-8-19/h3-5,7-8,10-11,13-14,16-17H,18,26H2,1-2H3. The average molecular weight is 480 g/mol. The summed E-state index contributed by atoms with van der Waals surface area (Å²) in [6.45, 7) is 0. The normalized spacial score (nSPS) is 12.3. The van der Waals surface area contributed by atoms with Crippen molar-refractivity contribution < 1.29 is 22.7 Å². The van der Waals surface area contributed by atoms with Gasteiger partial charge < -0.3 is 15.2 Å². The van der Waals surface area contributed by atoms with E-state index in [1.54, 1.807) is 61.7 Å². The van der Waals surface area contributed by atoms with Gasteiger partial charge in [0.05, 0.1) is 25.5 Å². The average Bonchev–Trinajstić information content (AvgIpc) is 3.33. The minimum atomic E-state index is -4.30. The molecule has 33 heavy (non-hydrogen) atoms. The van der Waals surface area contributed by atoms with Crippen LogP contribution in [0.15, 0.2) is 70.9 Å². The van der Waals surface area contributed by atoms with Crippen molar-refractivity contribution in [2.24, 2.45) is 5.73 Å². The monoisotopic (exact) mass is 479 g/mol. The lowest BCUT2D eigenvalue weighted by atomic mass is 10.2. The highest BCUT2D eigenvalue weighted by Gasteiger charge is 2.49. The van der Waals surface area contributed by atoms with Crippen LogP contribution in [0.1, 0.15) is 22.4 Å². The first kappa shape index (κ1) is 24.1. The molecule has 0 amide bonds. The van der Waals surface area contributed by atoms with Crippen molar-refractivity contribution in [2.45, 2.75) is 15.5 Å². The minimum Gasteiger partial charge on any atom is -0.497 e. The number of sulfone groups is 1. The molecule has 0 spiro atoms. The van der Waals surface area contributed by atoms with Gasteiger partial charge in [0.15, 0.2) is 0 Å². The van der Waals surface area contributed by atoms with E-state index in [-0.39, 0.29) is 4.21 Å². The zero-order chi connectivity index (χ0) is 23.9. The fourth-order valence-corrected chi connectivity index (χ4v) is 5.68. The first-order valence-electron chi connectivity index (χ1n) is 9.72. The molecule has 0 saturated carbocycles. The van der Waals surface area contributed by atoms with E-state index in [2.05, 4.69) is 23.7 Å². The summed E-state index contributed by atoms with van der Waals surface area (Å²) >= 11 is 0.929. The van der Waals surface area contributed by atoms with Gasteiger partial charge >= 0.3 is 5.97 Å². The second kappa shape index (κ2) is 10.4. The number of ether oxygens (including phenoxy) is 2. The lowest BCUT2D eigenvalue weighted by Gasteiger charge is -2.23. The highest BCUT2D eigenvalue weighted by molar-refractivity contribution is 7.95. The van der Waals surface area contributed by atoms with Crippen LogP contribution >= 0.6 is 11.3 Å². The first-order valence-corrected chi connectivity index (χ1v) is 12.0. The van der Waals surface area contributed by atoms with Gasteiger partial charge in [-0.1, -0.05) is 41.9 Å². The highest BCUT2D eigenvalue weighted by atomic mass is 32.2. The van der Waals surface area contributed by atoms with Gasteiger partial charge in [0.2, 0.25) is 14.7 Å². The lowest BCUT2D eigenvalue weighted by molar-refractivity contribution is -0.143. The highest BCUT2D eigenvalue weighted by Crippen LogP contribution is 2.31. The van der Waals surface area contributed by atoms with E-state index in [9.17, 15) is 13.2 Å². The largest absolute Gasteiger partial charge is 0.497 e. The third-order valence-electron chi connectivity index (χ3n) is 4.63. The topological polar surface area (TPSA) is 95.7 Å². The number of rotatable bonds is 5. The van der Waals surface area contributed by atoms with Crippen LogP contribution < -0.4 is 10.5 Å². The van der Waals surface area contributed by atoms with Crippen molar-refractivity contribution in [1.29, 1.82) is 0 Å². The molecule has 1 aromatic heterocycles. The Morgan fingerprint density at radius 2 is 1.61 bits per heavy atom. The van der Waals surface area contributed by atoms with Gasteiger partial charge in [0, 0.05) is 11.1 Å². The molecule has 0 bridgehead atoms. The molecule has 1 heterocycles. The third kappa shape index (κ3) is 5.44. The maximum atomic E-state index is 13.3. The molecule has 0 aliphatic carbocycles. The van der Waals surface area contributed by atoms with Gasteiger partial charge in [-0.05, 0) is 48.5 Å². The number of carbonyl (C=O) groups is 1. The summed E-state index contributed by atoms with van der Waals surface area (Å²) in [5.74, 6) is 11.1. The Balaban J connectivity index is 1.88. The molecule has 0 fully saturated rings. The van der Waals surface area contributed by atoms with Crippen molar-refractivity contribution in [1.82, 2.24) is 0 Å². The minimum absolute atomic E-state index is 0.0871. The first-order chi connectivity index (χ1) is 15.8. The van der Waals surface area contributed by atoms with Crippen LogP contribution in [0.4, 0.5) is 0 Å². The molecule has 8 heteroatoms. The Bertz CT molecular complexity index is 1360. The van der Waals surface area contributed by atoms with Crippen molar-refractivity contribution >= 4 is 27.1 Å². The van der Waals surface area contributed by atoms with E-state index in [1.165, 1.54) is 6.07 Å². The van der Waals surface area contributed by atoms with Crippen LogP contribution in [0.25, 0.3) is 0 Å². The van der Waals surface area contributed by atoms with Crippen LogP contribution in [0.3, 0.4) is 0 Å². The molecular formula is C25H21NO5S2. The number of esters is 1. The second-order valence-electron chi connectivity index (χ2n) is 6.83. The number of hydrogen-bond acceptors (Lipinski definition) is 7. The van der Waals surface area contributed by atoms with Gasteiger partial charge in [-0.3, -0.25) is 0 Å². The summed E-state index contributed by atoms with van der Waals surface area (Å²) < 4.78 is 36.4. The Hall–Kier alpha value is -3.56. The van der Waals surface area contributed by atoms with Crippen LogP contribution in [-0.4, -0.2) is 33.5 Å². The van der Waals surface area contributed by atoms with E-state index >= 15 is 0 Å². The predicted octanol–water partition coefficient (Wildman–Crippen LogP) is 3.20. The number of hydrogen-bond donors (Lipinski definition) is 1. The number of carbonyl (C=O) groups excluding carboxylic acids is 1. The van der Waals surface area contributed by atoms with Crippen LogP contribution in [0, 0.1) is 23.7 Å². The SMILES string of the molecule is COC(=O)C(N)(CC#Cc1ccccc1)S(=O)(=O)c1ccc(C#Cc2ccc(OC)cc2)s1. The summed E-state index contributed by atoms with van der Waals surface area (Å²) in [7, 11) is -1.64. The zero-order valence-corrected chi connectivity index (χ0v) is 19.6. The Morgan fingerprint density at radius 1 is 0.939 bits per heavy atom. The van der Waals surface area contributed by atoms with Crippen LogP contribution in [-0.2, 0) is 19.4 Å². The smallest absolute Gasteiger partial charge is 0.343 e. The molecule has 168 valence electrons. The molecule has 0 aliphatic heterocycles. The number of nitrogens with two attached hydrogens (primary N) is 1. The molecular weight excluding hydrogens is 458 g/mol. The Labute approximate surface area is 197 Å². The lowest BCUT2D eigenvalue weighted by Crippen LogP contribution is -2.54. The Kier molecular flexibility index (Phi) is 7.57. The molecule has 3 aromatic rings. The summed E-state index contributed by atoms with van der Waals surface area (Å²) in [4.78, 5) is 10.6. The summed E-state index contributed by atoms with van der Waals surface area (Å²) in [5.41, 5.74) is 7.54. The van der Waals surface area contributed by atoms with Crippen LogP contribution in [0.2, 0.25) is 0 Å². The van der Waals surface area contributed by atoms with Crippen molar-refractivity contribution in [3.05, 3.63) is 82.7 Å². The second-order valence-corrected chi connectivity index (χ2v) is 10.3. The molecule has 3 rings (SSSR count). The van der Waals surface area contributed by atoms with E-state index < -0.39 is 27.1 Å². The van der Waals surface area contributed by atoms with Crippen molar-refractivity contribution in [2.75, 3.05) is 14.2 Å². The van der Waals surface area contributed by atoms with E-state index in [0.717, 1.165) is 24.0 Å². The molecule has 0 aliphatic rings. The molecule has 2 N–H and O–H groups in total. The van der Waals surface area contributed by atoms with Gasteiger partial charge in [-0.25, -0.2) is 13.2 Å². The predicted molar refractivity (Wildman–Crippen MR) is 127 cm³/mol. The molecule has 1 atom stereocenters. The fraction of sp³-hybridized carbons (Fsp3) is 0.160. The van der Waals surface area contributed by atoms with Gasteiger partial charge in [0.25, 0.3) is 0 Å². The molecule has 0 saturated heterocycles. The van der Waals surface area contributed by atoms with E-state index in [1.807, 2.05) is 6.07 Å². The maximum Gasteiger partial charge on any atom is 0.343 e. The molecule has 0 radical (unpaired) electrons. The molecule has 1 unspecified atom stereocenters. The number of methoxy groups -OCH3 is 2. The van der Waals surface area contributed by atoms with Crippen molar-refractivity contribution in [3.63, 3.8) is 0 Å². The summed E-state index contributed by atoms with van der Waals surface area (Å²) in [6, 6.07) is 19.1. The van der Waals surface area contributed by atoms with Crippen molar-refractivity contribution in [3.8, 4) is 29.4 Å². The summed E-state index contributed by atoms with van der Waals surface area (Å²) in [6.07, 6.45) is -0.429. The number of thiophene rings is 1. The van der Waals surface area contributed by atoms with E-state index in [4.69, 9.17) is 15.2 Å². The third-order valence-corrected chi connectivity index (χ3v) is 8.27. The summed E-state index contributed by atoms with van der Waals surface area (Å²) in [5, 5.41) is 0. The quantitative estimate of drug-likeness (QED) is 0.446. The van der Waals surface area contributed by atoms with Gasteiger partial charge in [-0.2, -0.15) is 0 Å².